The number of alkyl carbamates (subject to hydrolysis) is 1. The number of ether oxygens (including phenoxy) is 1. The van der Waals surface area contributed by atoms with Crippen LogP contribution in [0.2, 0.25) is 0 Å². The molecule has 0 aliphatic rings. The number of rotatable bonds is 6. The maximum atomic E-state index is 11.5. The Labute approximate surface area is 118 Å². The van der Waals surface area contributed by atoms with E-state index in [4.69, 9.17) is 15.6 Å². The molecule has 0 aliphatic heterocycles. The summed E-state index contributed by atoms with van der Waals surface area (Å²) in [5.41, 5.74) is 4.77. The highest BCUT2D eigenvalue weighted by molar-refractivity contribution is 5.80. The van der Waals surface area contributed by atoms with Gasteiger partial charge in [-0.3, -0.25) is 4.99 Å². The number of nitrogens with two attached hydrogens (primary N) is 1. The third-order valence-electron chi connectivity index (χ3n) is 2.21. The number of nitrogens with zero attached hydrogens (tertiary/aromatic N) is 1. The summed E-state index contributed by atoms with van der Waals surface area (Å²) in [6.07, 6.45) is 0.0363. The van der Waals surface area contributed by atoms with Gasteiger partial charge >= 0.3 is 12.1 Å². The fourth-order valence-corrected chi connectivity index (χ4v) is 1.31. The van der Waals surface area contributed by atoms with Crippen LogP contribution in [0.4, 0.5) is 4.79 Å². The van der Waals surface area contributed by atoms with Gasteiger partial charge in [0.25, 0.3) is 0 Å². The lowest BCUT2D eigenvalue weighted by Gasteiger charge is -2.22. The molecule has 5 N–H and O–H groups in total. The maximum absolute atomic E-state index is 11.5. The zero-order chi connectivity index (χ0) is 15.8. The molecule has 0 spiro atoms. The third-order valence-corrected chi connectivity index (χ3v) is 2.21. The molecule has 116 valence electrons. The number of carboxylic acid groups (broad SMARTS) is 1. The largest absolute Gasteiger partial charge is 0.480 e. The van der Waals surface area contributed by atoms with Crippen molar-refractivity contribution in [2.75, 3.05) is 13.6 Å². The highest BCUT2D eigenvalue weighted by Crippen LogP contribution is 2.07. The van der Waals surface area contributed by atoms with Crippen LogP contribution in [0.15, 0.2) is 4.99 Å². The van der Waals surface area contributed by atoms with Crippen molar-refractivity contribution < 1.29 is 19.4 Å². The average molecular weight is 288 g/mol. The van der Waals surface area contributed by atoms with Gasteiger partial charge in [0, 0.05) is 13.6 Å². The summed E-state index contributed by atoms with van der Waals surface area (Å²) in [5, 5.41) is 14.2. The van der Waals surface area contributed by atoms with Gasteiger partial charge in [0.15, 0.2) is 5.96 Å². The predicted octanol–water partition coefficient (Wildman–Crippen LogP) is 0.279. The predicted molar refractivity (Wildman–Crippen MR) is 75.6 cm³/mol. The van der Waals surface area contributed by atoms with Crippen LogP contribution >= 0.6 is 0 Å². The van der Waals surface area contributed by atoms with Crippen molar-refractivity contribution in [2.24, 2.45) is 10.7 Å². The van der Waals surface area contributed by atoms with E-state index in [0.29, 0.717) is 13.0 Å². The first kappa shape index (κ1) is 18.0. The Morgan fingerprint density at radius 2 is 2.00 bits per heavy atom. The molecule has 0 bridgehead atoms. The van der Waals surface area contributed by atoms with E-state index in [1.165, 1.54) is 0 Å². The number of carboxylic acids is 1. The first-order valence-electron chi connectivity index (χ1n) is 6.34. The summed E-state index contributed by atoms with van der Waals surface area (Å²) in [6.45, 7) is 5.60. The fourth-order valence-electron chi connectivity index (χ4n) is 1.31. The van der Waals surface area contributed by atoms with Crippen LogP contribution in [-0.4, -0.2) is 48.4 Å². The van der Waals surface area contributed by atoms with Gasteiger partial charge in [-0.25, -0.2) is 9.59 Å². The fraction of sp³-hybridized carbons (Fsp3) is 0.750. The molecule has 0 aromatic heterocycles. The summed E-state index contributed by atoms with van der Waals surface area (Å²) in [6, 6.07) is -0.994. The minimum absolute atomic E-state index is 0.262. The number of hydrogen-bond acceptors (Lipinski definition) is 4. The van der Waals surface area contributed by atoms with Crippen LogP contribution in [0.5, 0.6) is 0 Å². The van der Waals surface area contributed by atoms with Crippen molar-refractivity contribution in [2.45, 2.75) is 45.3 Å². The van der Waals surface area contributed by atoms with Crippen molar-refractivity contribution in [3.63, 3.8) is 0 Å². The second-order valence-corrected chi connectivity index (χ2v) is 5.21. The molecule has 0 aromatic carbocycles. The highest BCUT2D eigenvalue weighted by Gasteiger charge is 2.23. The van der Waals surface area contributed by atoms with E-state index in [1.807, 2.05) is 0 Å². The molecule has 0 heterocycles. The molecule has 0 fully saturated rings. The van der Waals surface area contributed by atoms with Gasteiger partial charge in [-0.1, -0.05) is 0 Å². The Hall–Kier alpha value is -1.99. The van der Waals surface area contributed by atoms with Gasteiger partial charge in [0.05, 0.1) is 0 Å². The normalized spacial score (nSPS) is 13.5. The SMILES string of the molecule is CN=C(N)NCCCC(NC(=O)OC(C)(C)C)C(=O)O. The summed E-state index contributed by atoms with van der Waals surface area (Å²) in [4.78, 5) is 26.3. The zero-order valence-electron chi connectivity index (χ0n) is 12.4. The van der Waals surface area contributed by atoms with E-state index in [0.717, 1.165) is 0 Å². The molecule has 0 saturated carbocycles. The topological polar surface area (TPSA) is 126 Å². The molecule has 8 heteroatoms. The molecule has 1 atom stereocenters. The molecule has 0 rings (SSSR count). The zero-order valence-corrected chi connectivity index (χ0v) is 12.4. The van der Waals surface area contributed by atoms with E-state index < -0.39 is 23.7 Å². The lowest BCUT2D eigenvalue weighted by molar-refractivity contribution is -0.139. The van der Waals surface area contributed by atoms with Crippen molar-refractivity contribution in [3.05, 3.63) is 0 Å². The number of carbonyl (C=O) groups is 2. The summed E-state index contributed by atoms with van der Waals surface area (Å²) in [7, 11) is 1.55. The van der Waals surface area contributed by atoms with Crippen LogP contribution in [0.25, 0.3) is 0 Å². The average Bonchev–Trinajstić information content (AvgIpc) is 2.29. The van der Waals surface area contributed by atoms with Gasteiger partial charge in [-0.2, -0.15) is 0 Å². The molecule has 1 unspecified atom stereocenters. The van der Waals surface area contributed by atoms with Crippen molar-refractivity contribution in [1.29, 1.82) is 0 Å². The second kappa shape index (κ2) is 8.23. The van der Waals surface area contributed by atoms with E-state index in [2.05, 4.69) is 15.6 Å². The monoisotopic (exact) mass is 288 g/mol. The smallest absolute Gasteiger partial charge is 0.408 e. The number of amides is 1. The van der Waals surface area contributed by atoms with E-state index in [-0.39, 0.29) is 12.4 Å². The lowest BCUT2D eigenvalue weighted by Crippen LogP contribution is -2.44. The quantitative estimate of drug-likeness (QED) is 0.316. The van der Waals surface area contributed by atoms with Gasteiger partial charge in [-0.05, 0) is 33.6 Å². The number of guanidine groups is 1. The maximum Gasteiger partial charge on any atom is 0.408 e. The van der Waals surface area contributed by atoms with Crippen molar-refractivity contribution >= 4 is 18.0 Å². The molecule has 20 heavy (non-hydrogen) atoms. The molecule has 0 aliphatic carbocycles. The second-order valence-electron chi connectivity index (χ2n) is 5.21. The lowest BCUT2D eigenvalue weighted by atomic mass is 10.1. The van der Waals surface area contributed by atoms with E-state index in [9.17, 15) is 9.59 Å². The van der Waals surface area contributed by atoms with Crippen molar-refractivity contribution in [1.82, 2.24) is 10.6 Å². The van der Waals surface area contributed by atoms with Gasteiger partial charge in [0.1, 0.15) is 11.6 Å². The molecule has 0 aromatic rings. The number of aliphatic carboxylic acids is 1. The Bertz CT molecular complexity index is 363. The molecule has 0 saturated heterocycles. The van der Waals surface area contributed by atoms with Gasteiger partial charge in [-0.15, -0.1) is 0 Å². The minimum Gasteiger partial charge on any atom is -0.480 e. The van der Waals surface area contributed by atoms with Crippen LogP contribution in [-0.2, 0) is 9.53 Å². The number of nitrogens with one attached hydrogen (secondary N) is 2. The number of hydrogen-bond donors (Lipinski definition) is 4. The van der Waals surface area contributed by atoms with Crippen LogP contribution in [0.3, 0.4) is 0 Å². The van der Waals surface area contributed by atoms with E-state index in [1.54, 1.807) is 27.8 Å². The summed E-state index contributed by atoms with van der Waals surface area (Å²) in [5.74, 6) is -0.815. The van der Waals surface area contributed by atoms with Crippen LogP contribution < -0.4 is 16.4 Å². The summed E-state index contributed by atoms with van der Waals surface area (Å²) >= 11 is 0. The third kappa shape index (κ3) is 9.01. The van der Waals surface area contributed by atoms with Crippen LogP contribution in [0, 0.1) is 0 Å². The molecule has 0 radical (unpaired) electrons. The Morgan fingerprint density at radius 1 is 1.40 bits per heavy atom. The first-order valence-corrected chi connectivity index (χ1v) is 6.34. The molecule has 8 nitrogen and oxygen atoms in total. The first-order chi connectivity index (χ1) is 9.15. The minimum atomic E-state index is -1.10. The molecular formula is C12H24N4O4. The van der Waals surface area contributed by atoms with E-state index >= 15 is 0 Å². The van der Waals surface area contributed by atoms with Crippen molar-refractivity contribution in [3.8, 4) is 0 Å². The Morgan fingerprint density at radius 3 is 2.45 bits per heavy atom. The van der Waals surface area contributed by atoms with Gasteiger partial charge in [0.2, 0.25) is 0 Å². The highest BCUT2D eigenvalue weighted by atomic mass is 16.6. The summed E-state index contributed by atoms with van der Waals surface area (Å²) < 4.78 is 5.01. The molecule has 1 amide bonds. The van der Waals surface area contributed by atoms with Gasteiger partial charge < -0.3 is 26.2 Å². The number of aliphatic imine (C=N–C) groups is 1. The van der Waals surface area contributed by atoms with Crippen LogP contribution in [0.1, 0.15) is 33.6 Å². The Kier molecular flexibility index (Phi) is 7.42. The standard InChI is InChI=1S/C12H24N4O4/c1-12(2,3)20-11(19)16-8(9(17)18)6-5-7-15-10(13)14-4/h8H,5-7H2,1-4H3,(H,16,19)(H,17,18)(H3,13,14,15). The molecular weight excluding hydrogens is 264 g/mol. The Balaban J connectivity index is 4.18. The number of carbonyl (C=O) groups excluding carboxylic acids is 1.